The third-order valence-corrected chi connectivity index (χ3v) is 5.50. The summed E-state index contributed by atoms with van der Waals surface area (Å²) in [5.41, 5.74) is 0. The molecule has 24 heavy (non-hydrogen) atoms. The molecule has 3 rings (SSSR count). The number of hydrogen-bond acceptors (Lipinski definition) is 5. The number of piperidine rings is 1. The Hall–Kier alpha value is -1.69. The molecular formula is C18H29N5O. The van der Waals surface area contributed by atoms with Gasteiger partial charge in [-0.15, -0.1) is 0 Å². The SMILES string of the molecule is C[C@H](C(=O)N1[C@@H](C)CCC[C@@H]1C)N1CCN(c2ncccn2)CC1. The zero-order chi connectivity index (χ0) is 17.1. The molecule has 6 heteroatoms. The Morgan fingerprint density at radius 2 is 1.67 bits per heavy atom. The van der Waals surface area contributed by atoms with Crippen molar-refractivity contribution in [3.63, 3.8) is 0 Å². The van der Waals surface area contributed by atoms with Gasteiger partial charge in [-0.2, -0.15) is 0 Å². The second-order valence-corrected chi connectivity index (χ2v) is 7.12. The van der Waals surface area contributed by atoms with E-state index in [0.717, 1.165) is 45.0 Å². The fourth-order valence-corrected chi connectivity index (χ4v) is 3.99. The molecule has 1 aromatic rings. The molecule has 2 fully saturated rings. The zero-order valence-corrected chi connectivity index (χ0v) is 15.1. The first-order valence-corrected chi connectivity index (χ1v) is 9.16. The summed E-state index contributed by atoms with van der Waals surface area (Å²) in [6.45, 7) is 9.92. The van der Waals surface area contributed by atoms with Gasteiger partial charge in [0.2, 0.25) is 11.9 Å². The molecule has 0 spiro atoms. The number of piperazine rings is 1. The molecule has 2 saturated heterocycles. The van der Waals surface area contributed by atoms with E-state index in [2.05, 4.69) is 45.4 Å². The summed E-state index contributed by atoms with van der Waals surface area (Å²) < 4.78 is 0. The minimum Gasteiger partial charge on any atom is -0.338 e. The predicted octanol–water partition coefficient (Wildman–Crippen LogP) is 1.78. The third-order valence-electron chi connectivity index (χ3n) is 5.50. The lowest BCUT2D eigenvalue weighted by Gasteiger charge is -2.44. The van der Waals surface area contributed by atoms with Crippen molar-refractivity contribution in [2.24, 2.45) is 0 Å². The van der Waals surface area contributed by atoms with Gasteiger partial charge in [0.05, 0.1) is 6.04 Å². The van der Waals surface area contributed by atoms with Crippen LogP contribution >= 0.6 is 0 Å². The number of hydrogen-bond donors (Lipinski definition) is 0. The van der Waals surface area contributed by atoms with Gasteiger partial charge in [-0.1, -0.05) is 0 Å². The third kappa shape index (κ3) is 3.53. The van der Waals surface area contributed by atoms with Gasteiger partial charge in [-0.05, 0) is 46.1 Å². The van der Waals surface area contributed by atoms with Crippen LogP contribution in [0.3, 0.4) is 0 Å². The van der Waals surface area contributed by atoms with Crippen molar-refractivity contribution in [2.75, 3.05) is 31.1 Å². The molecule has 0 N–H and O–H groups in total. The van der Waals surface area contributed by atoms with E-state index in [-0.39, 0.29) is 6.04 Å². The van der Waals surface area contributed by atoms with Gasteiger partial charge >= 0.3 is 0 Å². The van der Waals surface area contributed by atoms with Crippen molar-refractivity contribution in [1.29, 1.82) is 0 Å². The summed E-state index contributed by atoms with van der Waals surface area (Å²) in [6.07, 6.45) is 7.04. The van der Waals surface area contributed by atoms with E-state index in [0.29, 0.717) is 18.0 Å². The van der Waals surface area contributed by atoms with Crippen molar-refractivity contribution in [3.8, 4) is 0 Å². The summed E-state index contributed by atoms with van der Waals surface area (Å²) in [4.78, 5) is 28.3. The fourth-order valence-electron chi connectivity index (χ4n) is 3.99. The smallest absolute Gasteiger partial charge is 0.240 e. The van der Waals surface area contributed by atoms with Crippen LogP contribution in [0.2, 0.25) is 0 Å². The topological polar surface area (TPSA) is 52.6 Å². The molecule has 0 aliphatic carbocycles. The van der Waals surface area contributed by atoms with Crippen molar-refractivity contribution < 1.29 is 4.79 Å². The lowest BCUT2D eigenvalue weighted by molar-refractivity contribution is -0.142. The standard InChI is InChI=1S/C18H29N5O/c1-14-6-4-7-15(2)23(14)17(24)16(3)21-10-12-22(13-11-21)18-19-8-5-9-20-18/h5,8-9,14-16H,4,6-7,10-13H2,1-3H3/t14-,15-,16+/m0/s1. The van der Waals surface area contributed by atoms with Gasteiger partial charge in [0, 0.05) is 50.7 Å². The van der Waals surface area contributed by atoms with Crippen molar-refractivity contribution in [2.45, 2.75) is 58.2 Å². The average Bonchev–Trinajstić information content (AvgIpc) is 2.62. The summed E-state index contributed by atoms with van der Waals surface area (Å²) >= 11 is 0. The molecule has 0 saturated carbocycles. The van der Waals surface area contributed by atoms with Gasteiger partial charge in [0.1, 0.15) is 0 Å². The molecule has 0 bridgehead atoms. The lowest BCUT2D eigenvalue weighted by atomic mass is 9.96. The number of rotatable bonds is 3. The van der Waals surface area contributed by atoms with Crippen LogP contribution in [-0.2, 0) is 4.79 Å². The molecular weight excluding hydrogens is 302 g/mol. The number of likely N-dealkylation sites (tertiary alicyclic amines) is 1. The zero-order valence-electron chi connectivity index (χ0n) is 15.1. The van der Waals surface area contributed by atoms with E-state index in [1.807, 2.05) is 6.07 Å². The first-order valence-electron chi connectivity index (χ1n) is 9.16. The van der Waals surface area contributed by atoms with Crippen LogP contribution in [-0.4, -0.2) is 70.0 Å². The van der Waals surface area contributed by atoms with Crippen LogP contribution in [0.25, 0.3) is 0 Å². The van der Waals surface area contributed by atoms with Gasteiger partial charge in [0.25, 0.3) is 0 Å². The number of carbonyl (C=O) groups is 1. The molecule has 0 radical (unpaired) electrons. The van der Waals surface area contributed by atoms with Gasteiger partial charge in [-0.25, -0.2) is 9.97 Å². The van der Waals surface area contributed by atoms with E-state index in [4.69, 9.17) is 0 Å². The second-order valence-electron chi connectivity index (χ2n) is 7.12. The van der Waals surface area contributed by atoms with Crippen LogP contribution in [0.4, 0.5) is 5.95 Å². The largest absolute Gasteiger partial charge is 0.338 e. The van der Waals surface area contributed by atoms with E-state index >= 15 is 0 Å². The quantitative estimate of drug-likeness (QED) is 0.845. The molecule has 3 atom stereocenters. The van der Waals surface area contributed by atoms with Crippen LogP contribution in [0, 0.1) is 0 Å². The molecule has 2 aliphatic heterocycles. The fraction of sp³-hybridized carbons (Fsp3) is 0.722. The summed E-state index contributed by atoms with van der Waals surface area (Å²) in [5, 5.41) is 0. The van der Waals surface area contributed by atoms with Gasteiger partial charge in [0.15, 0.2) is 0 Å². The summed E-state index contributed by atoms with van der Waals surface area (Å²) in [5.74, 6) is 1.08. The first kappa shape index (κ1) is 17.1. The number of aromatic nitrogens is 2. The minimum absolute atomic E-state index is 0.0492. The van der Waals surface area contributed by atoms with E-state index < -0.39 is 0 Å². The molecule has 132 valence electrons. The highest BCUT2D eigenvalue weighted by atomic mass is 16.2. The summed E-state index contributed by atoms with van der Waals surface area (Å²) in [6, 6.07) is 2.51. The number of amides is 1. The van der Waals surface area contributed by atoms with Crippen LogP contribution in [0.1, 0.15) is 40.0 Å². The van der Waals surface area contributed by atoms with Crippen molar-refractivity contribution in [3.05, 3.63) is 18.5 Å². The normalized spacial score (nSPS) is 27.1. The Morgan fingerprint density at radius 1 is 1.08 bits per heavy atom. The molecule has 1 amide bonds. The number of anilines is 1. The van der Waals surface area contributed by atoms with E-state index in [9.17, 15) is 4.79 Å². The van der Waals surface area contributed by atoms with E-state index in [1.165, 1.54) is 6.42 Å². The monoisotopic (exact) mass is 331 g/mol. The van der Waals surface area contributed by atoms with Gasteiger partial charge in [-0.3, -0.25) is 9.69 Å². The van der Waals surface area contributed by atoms with Crippen LogP contribution < -0.4 is 4.90 Å². The van der Waals surface area contributed by atoms with Crippen molar-refractivity contribution in [1.82, 2.24) is 19.8 Å². The Bertz CT molecular complexity index is 534. The minimum atomic E-state index is -0.0492. The van der Waals surface area contributed by atoms with Gasteiger partial charge < -0.3 is 9.80 Å². The maximum absolute atomic E-state index is 13.0. The Balaban J connectivity index is 1.58. The highest BCUT2D eigenvalue weighted by Crippen LogP contribution is 2.24. The van der Waals surface area contributed by atoms with Crippen LogP contribution in [0.15, 0.2) is 18.5 Å². The molecule has 6 nitrogen and oxygen atoms in total. The van der Waals surface area contributed by atoms with Crippen molar-refractivity contribution >= 4 is 11.9 Å². The highest BCUT2D eigenvalue weighted by Gasteiger charge is 2.35. The highest BCUT2D eigenvalue weighted by molar-refractivity contribution is 5.82. The predicted molar refractivity (Wildman–Crippen MR) is 94.9 cm³/mol. The Labute approximate surface area is 144 Å². The Kier molecular flexibility index (Phi) is 5.33. The average molecular weight is 331 g/mol. The maximum Gasteiger partial charge on any atom is 0.240 e. The molecule has 1 aromatic heterocycles. The summed E-state index contributed by atoms with van der Waals surface area (Å²) in [7, 11) is 0. The number of carbonyl (C=O) groups excluding carboxylic acids is 1. The Morgan fingerprint density at radius 3 is 2.25 bits per heavy atom. The molecule has 3 heterocycles. The van der Waals surface area contributed by atoms with E-state index in [1.54, 1.807) is 12.4 Å². The second kappa shape index (κ2) is 7.47. The number of nitrogens with zero attached hydrogens (tertiary/aromatic N) is 5. The maximum atomic E-state index is 13.0. The molecule has 0 unspecified atom stereocenters. The molecule has 0 aromatic carbocycles. The molecule has 2 aliphatic rings. The lowest BCUT2D eigenvalue weighted by Crippen LogP contribution is -2.58. The van der Waals surface area contributed by atoms with Crippen LogP contribution in [0.5, 0.6) is 0 Å². The first-order chi connectivity index (χ1) is 11.6.